The number of anilines is 1. The van der Waals surface area contributed by atoms with E-state index in [1.807, 2.05) is 18.2 Å². The summed E-state index contributed by atoms with van der Waals surface area (Å²) in [4.78, 5) is 28.5. The van der Waals surface area contributed by atoms with Crippen LogP contribution >= 0.6 is 23.2 Å². The quantitative estimate of drug-likeness (QED) is 0.277. The number of benzene rings is 3. The molecule has 1 amide bonds. The lowest BCUT2D eigenvalue weighted by Gasteiger charge is -2.11. The van der Waals surface area contributed by atoms with Gasteiger partial charge in [0, 0.05) is 28.3 Å². The van der Waals surface area contributed by atoms with Gasteiger partial charge in [-0.15, -0.1) is 0 Å². The first-order valence-corrected chi connectivity index (χ1v) is 10.0. The number of rotatable bonds is 4. The van der Waals surface area contributed by atoms with Crippen molar-refractivity contribution < 1.29 is 9.72 Å². The monoisotopic (exact) mass is 451 g/mol. The molecule has 1 N–H and O–H groups in total. The highest BCUT2D eigenvalue weighted by atomic mass is 35.5. The maximum atomic E-state index is 13.1. The fourth-order valence-corrected chi connectivity index (χ4v) is 3.55. The first-order chi connectivity index (χ1) is 14.8. The van der Waals surface area contributed by atoms with Crippen molar-refractivity contribution in [3.05, 3.63) is 98.0 Å². The molecule has 0 bridgehead atoms. The first kappa shape index (κ1) is 20.8. The largest absolute Gasteiger partial charge is 0.322 e. The Labute approximate surface area is 187 Å². The number of halogens is 2. The Morgan fingerprint density at radius 1 is 1.00 bits per heavy atom. The zero-order valence-corrected chi connectivity index (χ0v) is 17.7. The van der Waals surface area contributed by atoms with Crippen LogP contribution in [-0.4, -0.2) is 15.8 Å². The van der Waals surface area contributed by atoms with Crippen molar-refractivity contribution in [3.63, 3.8) is 0 Å². The Bertz CT molecular complexity index is 1360. The predicted molar refractivity (Wildman–Crippen MR) is 123 cm³/mol. The summed E-state index contributed by atoms with van der Waals surface area (Å²) in [5.74, 6) is -0.405. The number of nitro benzene ring substituents is 1. The minimum absolute atomic E-state index is 0.0612. The number of carbonyl (C=O) groups excluding carboxylic acids is 1. The molecule has 1 heterocycles. The van der Waals surface area contributed by atoms with E-state index < -0.39 is 10.8 Å². The predicted octanol–water partition coefficient (Wildman–Crippen LogP) is 6.68. The van der Waals surface area contributed by atoms with Crippen LogP contribution in [0.25, 0.3) is 22.2 Å². The molecule has 4 aromatic rings. The highest BCUT2D eigenvalue weighted by Crippen LogP contribution is 2.31. The van der Waals surface area contributed by atoms with E-state index in [1.54, 1.807) is 49.4 Å². The number of fused-ring (bicyclic) bond motifs is 1. The van der Waals surface area contributed by atoms with Gasteiger partial charge in [0.2, 0.25) is 0 Å². The van der Waals surface area contributed by atoms with Gasteiger partial charge in [0.1, 0.15) is 0 Å². The van der Waals surface area contributed by atoms with Gasteiger partial charge in [-0.2, -0.15) is 0 Å². The maximum absolute atomic E-state index is 13.1. The van der Waals surface area contributed by atoms with E-state index in [4.69, 9.17) is 23.2 Å². The molecule has 0 atom stereocenters. The van der Waals surface area contributed by atoms with Gasteiger partial charge >= 0.3 is 0 Å². The second-order valence-electron chi connectivity index (χ2n) is 6.91. The number of hydrogen-bond donors (Lipinski definition) is 1. The summed E-state index contributed by atoms with van der Waals surface area (Å²) in [5, 5.41) is 15.4. The summed E-state index contributed by atoms with van der Waals surface area (Å²) in [7, 11) is 0. The zero-order valence-electron chi connectivity index (χ0n) is 16.2. The zero-order chi connectivity index (χ0) is 22.1. The number of aryl methyl sites for hydroxylation is 1. The summed E-state index contributed by atoms with van der Waals surface area (Å²) < 4.78 is 0. The lowest BCUT2D eigenvalue weighted by atomic mass is 10.0. The van der Waals surface area contributed by atoms with E-state index in [0.717, 1.165) is 0 Å². The average Bonchev–Trinajstić information content (AvgIpc) is 2.76. The summed E-state index contributed by atoms with van der Waals surface area (Å²) in [6.07, 6.45) is 0. The number of nitrogens with zero attached hydrogens (tertiary/aromatic N) is 2. The first-order valence-electron chi connectivity index (χ1n) is 9.25. The third kappa shape index (κ3) is 4.21. The molecule has 1 aromatic heterocycles. The van der Waals surface area contributed by atoms with Crippen molar-refractivity contribution in [1.29, 1.82) is 0 Å². The lowest BCUT2D eigenvalue weighted by molar-refractivity contribution is -0.385. The van der Waals surface area contributed by atoms with Crippen molar-refractivity contribution >= 4 is 51.4 Å². The van der Waals surface area contributed by atoms with Gasteiger partial charge in [-0.3, -0.25) is 14.9 Å². The molecule has 3 aromatic carbocycles. The van der Waals surface area contributed by atoms with Gasteiger partial charge in [0.05, 0.1) is 31.7 Å². The van der Waals surface area contributed by atoms with E-state index >= 15 is 0 Å². The van der Waals surface area contributed by atoms with Crippen LogP contribution in [0.2, 0.25) is 10.0 Å². The highest BCUT2D eigenvalue weighted by Gasteiger charge is 2.17. The molecule has 8 heteroatoms. The van der Waals surface area contributed by atoms with E-state index in [-0.39, 0.29) is 5.69 Å². The number of amides is 1. The smallest absolute Gasteiger partial charge is 0.274 e. The molecule has 0 saturated heterocycles. The van der Waals surface area contributed by atoms with Crippen molar-refractivity contribution in [2.75, 3.05) is 5.32 Å². The van der Waals surface area contributed by atoms with Gasteiger partial charge in [0.15, 0.2) is 0 Å². The Morgan fingerprint density at radius 2 is 1.77 bits per heavy atom. The Morgan fingerprint density at radius 3 is 2.52 bits per heavy atom. The molecule has 0 unspecified atom stereocenters. The van der Waals surface area contributed by atoms with E-state index in [1.165, 1.54) is 6.07 Å². The molecule has 31 heavy (non-hydrogen) atoms. The third-order valence-corrected chi connectivity index (χ3v) is 5.58. The minimum atomic E-state index is -0.477. The second-order valence-corrected chi connectivity index (χ2v) is 7.73. The SMILES string of the molecule is Cc1ccc(NC(=O)c2cc(-c3ccc(Cl)c(Cl)c3)nc3ccccc23)cc1[N+](=O)[O-]. The molecule has 0 aliphatic rings. The summed E-state index contributed by atoms with van der Waals surface area (Å²) in [5.41, 5.74) is 3.06. The molecular weight excluding hydrogens is 437 g/mol. The van der Waals surface area contributed by atoms with Crippen molar-refractivity contribution in [1.82, 2.24) is 4.98 Å². The van der Waals surface area contributed by atoms with Crippen molar-refractivity contribution in [2.24, 2.45) is 0 Å². The summed E-state index contributed by atoms with van der Waals surface area (Å²) >= 11 is 12.2. The molecule has 0 aliphatic carbocycles. The highest BCUT2D eigenvalue weighted by molar-refractivity contribution is 6.42. The van der Waals surface area contributed by atoms with Gasteiger partial charge < -0.3 is 5.32 Å². The second kappa shape index (κ2) is 8.34. The standard InChI is InChI=1S/C23H15Cl2N3O3/c1-13-6-8-15(11-22(13)28(30)31)26-23(29)17-12-21(14-7-9-18(24)19(25)10-14)27-20-5-3-2-4-16(17)20/h2-12H,1H3,(H,26,29). The lowest BCUT2D eigenvalue weighted by Crippen LogP contribution is -2.13. The van der Waals surface area contributed by atoms with Crippen LogP contribution in [0.5, 0.6) is 0 Å². The van der Waals surface area contributed by atoms with Crippen LogP contribution < -0.4 is 5.32 Å². The van der Waals surface area contributed by atoms with E-state index in [9.17, 15) is 14.9 Å². The van der Waals surface area contributed by atoms with Crippen LogP contribution in [0.3, 0.4) is 0 Å². The van der Waals surface area contributed by atoms with Crippen LogP contribution in [0.4, 0.5) is 11.4 Å². The average molecular weight is 452 g/mol. The van der Waals surface area contributed by atoms with Gasteiger partial charge in [-0.25, -0.2) is 4.98 Å². The normalized spacial score (nSPS) is 10.8. The fraction of sp³-hybridized carbons (Fsp3) is 0.0435. The third-order valence-electron chi connectivity index (χ3n) is 4.84. The molecule has 0 fully saturated rings. The van der Waals surface area contributed by atoms with Gasteiger partial charge in [0.25, 0.3) is 11.6 Å². The Kier molecular flexibility index (Phi) is 5.59. The maximum Gasteiger partial charge on any atom is 0.274 e. The Hall–Kier alpha value is -3.48. The Balaban J connectivity index is 1.79. The van der Waals surface area contributed by atoms with Crippen molar-refractivity contribution in [3.8, 4) is 11.3 Å². The number of para-hydroxylation sites is 1. The molecule has 6 nitrogen and oxygen atoms in total. The molecule has 0 spiro atoms. The van der Waals surface area contributed by atoms with Crippen molar-refractivity contribution in [2.45, 2.75) is 6.92 Å². The fourth-order valence-electron chi connectivity index (χ4n) is 3.25. The number of aromatic nitrogens is 1. The number of pyridine rings is 1. The topological polar surface area (TPSA) is 85.1 Å². The number of hydrogen-bond acceptors (Lipinski definition) is 4. The number of nitro groups is 1. The van der Waals surface area contributed by atoms with E-state index in [0.29, 0.717) is 49.0 Å². The molecule has 4 rings (SSSR count). The molecule has 0 aliphatic heterocycles. The molecule has 154 valence electrons. The molecular formula is C23H15Cl2N3O3. The van der Waals surface area contributed by atoms with Crippen LogP contribution in [0.15, 0.2) is 66.7 Å². The van der Waals surface area contributed by atoms with Crippen LogP contribution in [0, 0.1) is 17.0 Å². The summed E-state index contributed by atoms with van der Waals surface area (Å²) in [6.45, 7) is 1.64. The van der Waals surface area contributed by atoms with Crippen LogP contribution in [-0.2, 0) is 0 Å². The van der Waals surface area contributed by atoms with Gasteiger partial charge in [-0.05, 0) is 37.3 Å². The summed E-state index contributed by atoms with van der Waals surface area (Å²) in [6, 6.07) is 18.6. The van der Waals surface area contributed by atoms with Gasteiger partial charge in [-0.1, -0.05) is 53.5 Å². The molecule has 0 saturated carbocycles. The minimum Gasteiger partial charge on any atom is -0.322 e. The van der Waals surface area contributed by atoms with Crippen LogP contribution in [0.1, 0.15) is 15.9 Å². The van der Waals surface area contributed by atoms with E-state index in [2.05, 4.69) is 10.3 Å². The number of nitrogens with one attached hydrogen (secondary N) is 1. The molecule has 0 radical (unpaired) electrons. The number of carbonyl (C=O) groups is 1.